The van der Waals surface area contributed by atoms with Crippen LogP contribution in [0.2, 0.25) is 0 Å². The number of nitrogens with one attached hydrogen (secondary N) is 1. The average molecular weight is 259 g/mol. The number of phenols is 1. The second kappa shape index (κ2) is 6.02. The molecule has 0 saturated carbocycles. The van der Waals surface area contributed by atoms with Gasteiger partial charge in [-0.25, -0.2) is 0 Å². The van der Waals surface area contributed by atoms with Crippen molar-refractivity contribution in [3.63, 3.8) is 0 Å². The molecular formula is C14H13NO2S. The third-order valence-electron chi connectivity index (χ3n) is 2.32. The molecule has 0 unspecified atom stereocenters. The van der Waals surface area contributed by atoms with Crippen LogP contribution >= 0.6 is 11.3 Å². The van der Waals surface area contributed by atoms with Gasteiger partial charge in [0.25, 0.3) is 0 Å². The SMILES string of the molecule is O=C(/C=C/c1cccs1)NCc1cccc(O)c1. The lowest BCUT2D eigenvalue weighted by molar-refractivity contribution is -0.116. The Morgan fingerprint density at radius 2 is 2.22 bits per heavy atom. The Kier molecular flexibility index (Phi) is 4.15. The molecule has 0 aliphatic carbocycles. The molecule has 1 aromatic carbocycles. The highest BCUT2D eigenvalue weighted by molar-refractivity contribution is 7.10. The maximum Gasteiger partial charge on any atom is 0.244 e. The maximum atomic E-state index is 11.5. The van der Waals surface area contributed by atoms with Gasteiger partial charge in [0.05, 0.1) is 0 Å². The summed E-state index contributed by atoms with van der Waals surface area (Å²) in [4.78, 5) is 12.6. The minimum absolute atomic E-state index is 0.147. The first-order valence-corrected chi connectivity index (χ1v) is 6.39. The summed E-state index contributed by atoms with van der Waals surface area (Å²) in [5.41, 5.74) is 0.868. The minimum Gasteiger partial charge on any atom is -0.508 e. The Bertz CT molecular complexity index is 547. The zero-order valence-corrected chi connectivity index (χ0v) is 10.5. The van der Waals surface area contributed by atoms with Crippen molar-refractivity contribution >= 4 is 23.3 Å². The topological polar surface area (TPSA) is 49.3 Å². The monoisotopic (exact) mass is 259 g/mol. The zero-order valence-electron chi connectivity index (χ0n) is 9.67. The highest BCUT2D eigenvalue weighted by Gasteiger charge is 1.98. The van der Waals surface area contributed by atoms with Crippen molar-refractivity contribution in [1.29, 1.82) is 0 Å². The smallest absolute Gasteiger partial charge is 0.244 e. The second-order valence-electron chi connectivity index (χ2n) is 3.74. The van der Waals surface area contributed by atoms with Crippen molar-refractivity contribution < 1.29 is 9.90 Å². The standard InChI is InChI=1S/C14H13NO2S/c16-12-4-1-3-11(9-12)10-15-14(17)7-6-13-5-2-8-18-13/h1-9,16H,10H2,(H,15,17)/b7-6+. The number of hydrogen-bond acceptors (Lipinski definition) is 3. The minimum atomic E-state index is -0.147. The maximum absolute atomic E-state index is 11.5. The first kappa shape index (κ1) is 12.4. The first-order chi connectivity index (χ1) is 8.74. The van der Waals surface area contributed by atoms with E-state index in [-0.39, 0.29) is 11.7 Å². The third kappa shape index (κ3) is 3.75. The second-order valence-corrected chi connectivity index (χ2v) is 4.72. The molecule has 0 spiro atoms. The molecule has 0 bridgehead atoms. The number of aromatic hydroxyl groups is 1. The molecule has 2 aromatic rings. The highest BCUT2D eigenvalue weighted by Crippen LogP contribution is 2.11. The van der Waals surface area contributed by atoms with E-state index in [0.29, 0.717) is 6.54 Å². The number of thiophene rings is 1. The van der Waals surface area contributed by atoms with Gasteiger partial charge in [-0.1, -0.05) is 18.2 Å². The summed E-state index contributed by atoms with van der Waals surface area (Å²) in [6.07, 6.45) is 3.29. The fourth-order valence-corrected chi connectivity index (χ4v) is 2.08. The fraction of sp³-hybridized carbons (Fsp3) is 0.0714. The van der Waals surface area contributed by atoms with Crippen LogP contribution in [-0.2, 0) is 11.3 Å². The molecule has 0 fully saturated rings. The predicted octanol–water partition coefficient (Wildman–Crippen LogP) is 2.78. The van der Waals surface area contributed by atoms with Crippen molar-refractivity contribution in [2.24, 2.45) is 0 Å². The summed E-state index contributed by atoms with van der Waals surface area (Å²) in [5, 5.41) is 14.0. The number of hydrogen-bond donors (Lipinski definition) is 2. The van der Waals surface area contributed by atoms with Gasteiger partial charge in [0.2, 0.25) is 5.91 Å². The molecule has 4 heteroatoms. The van der Waals surface area contributed by atoms with Crippen LogP contribution in [0.25, 0.3) is 6.08 Å². The summed E-state index contributed by atoms with van der Waals surface area (Å²) in [6.45, 7) is 0.405. The molecule has 2 N–H and O–H groups in total. The fourth-order valence-electron chi connectivity index (χ4n) is 1.46. The molecule has 0 radical (unpaired) electrons. The van der Waals surface area contributed by atoms with Gasteiger partial charge in [-0.05, 0) is 35.2 Å². The largest absolute Gasteiger partial charge is 0.508 e. The van der Waals surface area contributed by atoms with Crippen molar-refractivity contribution in [3.8, 4) is 5.75 Å². The lowest BCUT2D eigenvalue weighted by Gasteiger charge is -2.02. The van der Waals surface area contributed by atoms with E-state index in [1.54, 1.807) is 35.6 Å². The van der Waals surface area contributed by atoms with Gasteiger partial charge >= 0.3 is 0 Å². The molecule has 1 heterocycles. The van der Waals surface area contributed by atoms with Gasteiger partial charge in [0.1, 0.15) is 5.75 Å². The van der Waals surface area contributed by atoms with Crippen molar-refractivity contribution in [3.05, 3.63) is 58.3 Å². The van der Waals surface area contributed by atoms with E-state index in [1.807, 2.05) is 23.6 Å². The van der Waals surface area contributed by atoms with Crippen LogP contribution in [0.15, 0.2) is 47.9 Å². The number of carbonyl (C=O) groups is 1. The van der Waals surface area contributed by atoms with Gasteiger partial charge in [0, 0.05) is 17.5 Å². The van der Waals surface area contributed by atoms with E-state index in [0.717, 1.165) is 10.4 Å². The lowest BCUT2D eigenvalue weighted by atomic mass is 10.2. The average Bonchev–Trinajstić information content (AvgIpc) is 2.87. The van der Waals surface area contributed by atoms with E-state index >= 15 is 0 Å². The summed E-state index contributed by atoms with van der Waals surface area (Å²) < 4.78 is 0. The number of phenolic OH excluding ortho intramolecular Hbond substituents is 1. The Morgan fingerprint density at radius 1 is 1.33 bits per heavy atom. The van der Waals surface area contributed by atoms with Crippen LogP contribution in [0, 0.1) is 0 Å². The van der Waals surface area contributed by atoms with Crippen LogP contribution in [0.1, 0.15) is 10.4 Å². The molecule has 0 aliphatic rings. The number of carbonyl (C=O) groups excluding carboxylic acids is 1. The van der Waals surface area contributed by atoms with Gasteiger partial charge in [-0.3, -0.25) is 4.79 Å². The summed E-state index contributed by atoms with van der Waals surface area (Å²) >= 11 is 1.58. The van der Waals surface area contributed by atoms with Crippen molar-refractivity contribution in [2.45, 2.75) is 6.54 Å². The molecule has 2 rings (SSSR count). The first-order valence-electron chi connectivity index (χ1n) is 5.51. The van der Waals surface area contributed by atoms with Crippen LogP contribution in [0.3, 0.4) is 0 Å². The molecule has 92 valence electrons. The third-order valence-corrected chi connectivity index (χ3v) is 3.16. The lowest BCUT2D eigenvalue weighted by Crippen LogP contribution is -2.20. The Hall–Kier alpha value is -2.07. The van der Waals surface area contributed by atoms with E-state index in [2.05, 4.69) is 5.32 Å². The van der Waals surface area contributed by atoms with E-state index in [4.69, 9.17) is 0 Å². The molecule has 1 amide bonds. The number of benzene rings is 1. The van der Waals surface area contributed by atoms with Crippen molar-refractivity contribution in [2.75, 3.05) is 0 Å². The summed E-state index contributed by atoms with van der Waals surface area (Å²) in [5.74, 6) is 0.0580. The van der Waals surface area contributed by atoms with Gasteiger partial charge in [0.15, 0.2) is 0 Å². The van der Waals surface area contributed by atoms with Gasteiger partial charge in [-0.2, -0.15) is 0 Å². The van der Waals surface area contributed by atoms with Crippen LogP contribution in [0.4, 0.5) is 0 Å². The molecular weight excluding hydrogens is 246 g/mol. The number of rotatable bonds is 4. The molecule has 0 saturated heterocycles. The Balaban J connectivity index is 1.85. The van der Waals surface area contributed by atoms with Crippen LogP contribution < -0.4 is 5.32 Å². The molecule has 0 aliphatic heterocycles. The van der Waals surface area contributed by atoms with E-state index in [9.17, 15) is 9.90 Å². The molecule has 3 nitrogen and oxygen atoms in total. The Morgan fingerprint density at radius 3 is 2.94 bits per heavy atom. The van der Waals surface area contributed by atoms with E-state index < -0.39 is 0 Å². The quantitative estimate of drug-likeness (QED) is 0.829. The van der Waals surface area contributed by atoms with Crippen molar-refractivity contribution in [1.82, 2.24) is 5.32 Å². The Labute approximate surface area is 109 Å². The van der Waals surface area contributed by atoms with E-state index in [1.165, 1.54) is 6.08 Å². The zero-order chi connectivity index (χ0) is 12.8. The highest BCUT2D eigenvalue weighted by atomic mass is 32.1. The predicted molar refractivity (Wildman–Crippen MR) is 73.3 cm³/mol. The normalized spacial score (nSPS) is 10.7. The summed E-state index contributed by atoms with van der Waals surface area (Å²) in [7, 11) is 0. The molecule has 1 aromatic heterocycles. The molecule has 0 atom stereocenters. The summed E-state index contributed by atoms with van der Waals surface area (Å²) in [6, 6.07) is 10.7. The van der Waals surface area contributed by atoms with Crippen LogP contribution in [-0.4, -0.2) is 11.0 Å². The number of amides is 1. The molecule has 18 heavy (non-hydrogen) atoms. The van der Waals surface area contributed by atoms with Crippen LogP contribution in [0.5, 0.6) is 5.75 Å². The van der Waals surface area contributed by atoms with Gasteiger partial charge < -0.3 is 10.4 Å². The van der Waals surface area contributed by atoms with Gasteiger partial charge in [-0.15, -0.1) is 11.3 Å².